The minimum atomic E-state index is -3.94. The Balaban J connectivity index is 3.74. The second-order valence-corrected chi connectivity index (χ2v) is 4.22. The van der Waals surface area contributed by atoms with Gasteiger partial charge in [-0.05, 0) is 11.8 Å². The second kappa shape index (κ2) is 2.98. The van der Waals surface area contributed by atoms with Crippen molar-refractivity contribution in [2.75, 3.05) is 0 Å². The topological polar surface area (TPSA) is 87.0 Å². The smallest absolute Gasteiger partial charge is 0.324 e. The third-order valence-corrected chi connectivity index (χ3v) is 2.00. The first-order chi connectivity index (χ1) is 3.42. The molecule has 8 heteroatoms. The molecule has 0 aliphatic carbocycles. The summed E-state index contributed by atoms with van der Waals surface area (Å²) in [7, 11) is 0. The number of hydrogen-bond donors (Lipinski definition) is 3. The number of rotatable bonds is 2. The van der Waals surface area contributed by atoms with Gasteiger partial charge in [-0.15, -0.1) is 0 Å². The Hall–Kier alpha value is 0.640. The van der Waals surface area contributed by atoms with Crippen LogP contribution in [0.4, 0.5) is 0 Å². The van der Waals surface area contributed by atoms with E-state index in [1.807, 2.05) is 0 Å². The summed E-state index contributed by atoms with van der Waals surface area (Å²) in [5.74, 6) is 0. The zero-order valence-corrected chi connectivity index (χ0v) is 5.95. The van der Waals surface area contributed by atoms with E-state index >= 15 is 0 Å². The quantitative estimate of drug-likeness (QED) is 0.384. The molecule has 0 radical (unpaired) electrons. The largest absolute Gasteiger partial charge is 0.336 e. The molecule has 3 N–H and O–H groups in total. The Labute approximate surface area is 53.0 Å². The van der Waals surface area contributed by atoms with Gasteiger partial charge in [-0.1, -0.05) is 0 Å². The average Bonchev–Trinajstić information content (AvgIpc) is 1.21. The van der Waals surface area contributed by atoms with E-state index in [9.17, 15) is 4.21 Å². The summed E-state index contributed by atoms with van der Waals surface area (Å²) in [4.78, 5) is 16.2. The normalized spacial score (nSPS) is 15.9. The van der Waals surface area contributed by atoms with Crippen molar-refractivity contribution in [2.45, 2.75) is 0 Å². The molecule has 0 aromatic heterocycles. The molecule has 1 atom stereocenters. The fraction of sp³-hybridized carbons (Fsp3) is 0. The molecule has 0 amide bonds. The summed E-state index contributed by atoms with van der Waals surface area (Å²) in [6.07, 6.45) is 0. The fourth-order valence-electron chi connectivity index (χ4n) is 0.0831. The molecule has 0 aromatic rings. The van der Waals surface area contributed by atoms with E-state index in [2.05, 4.69) is 15.8 Å². The molecular formula is H3O5PS2. The van der Waals surface area contributed by atoms with Crippen molar-refractivity contribution in [3.63, 3.8) is 0 Å². The lowest BCUT2D eigenvalue weighted by Gasteiger charge is -2.00. The molecule has 0 aliphatic heterocycles. The van der Waals surface area contributed by atoms with Gasteiger partial charge < -0.3 is 9.79 Å². The van der Waals surface area contributed by atoms with Crippen LogP contribution >= 0.6 is 6.72 Å². The molecule has 5 nitrogen and oxygen atoms in total. The SMILES string of the molecule is O=S(O)OP(O)(O)=S. The standard InChI is InChI=1S/H3O5PS2/c1-6(2,7)5-8(3)4/h(H,3,4)(H2,1,2,7). The van der Waals surface area contributed by atoms with Crippen LogP contribution in [0, 0.1) is 0 Å². The lowest BCUT2D eigenvalue weighted by atomic mass is 15.8. The summed E-state index contributed by atoms with van der Waals surface area (Å²) >= 11 is 1.12. The lowest BCUT2D eigenvalue weighted by molar-refractivity contribution is 0.361. The molecule has 0 bridgehead atoms. The van der Waals surface area contributed by atoms with Gasteiger partial charge in [0.05, 0.1) is 0 Å². The van der Waals surface area contributed by atoms with Crippen molar-refractivity contribution in [3.8, 4) is 0 Å². The highest BCUT2D eigenvalue weighted by atomic mass is 32.5. The van der Waals surface area contributed by atoms with Crippen molar-refractivity contribution >= 4 is 29.9 Å². The van der Waals surface area contributed by atoms with Crippen LogP contribution in [0.15, 0.2) is 0 Å². The zero-order valence-electron chi connectivity index (χ0n) is 3.42. The molecule has 0 fully saturated rings. The molecule has 0 saturated carbocycles. The van der Waals surface area contributed by atoms with Crippen LogP contribution in [0.25, 0.3) is 0 Å². The Kier molecular flexibility index (Phi) is 3.21. The summed E-state index contributed by atoms with van der Waals surface area (Å²) in [5, 5.41) is 0. The summed E-state index contributed by atoms with van der Waals surface area (Å²) < 4.78 is 20.8. The van der Waals surface area contributed by atoms with Crippen LogP contribution in [-0.4, -0.2) is 18.5 Å². The van der Waals surface area contributed by atoms with Crippen LogP contribution in [-0.2, 0) is 27.1 Å². The van der Waals surface area contributed by atoms with Gasteiger partial charge >= 0.3 is 18.1 Å². The van der Waals surface area contributed by atoms with Gasteiger partial charge in [0.25, 0.3) is 0 Å². The third kappa shape index (κ3) is 6.64. The van der Waals surface area contributed by atoms with Crippen molar-refractivity contribution in [2.24, 2.45) is 0 Å². The monoisotopic (exact) mass is 178 g/mol. The molecule has 0 spiro atoms. The molecule has 50 valence electrons. The molecule has 8 heavy (non-hydrogen) atoms. The van der Waals surface area contributed by atoms with E-state index in [1.54, 1.807) is 0 Å². The maximum atomic E-state index is 9.54. The van der Waals surface area contributed by atoms with E-state index in [4.69, 9.17) is 14.3 Å². The maximum Gasteiger partial charge on any atom is 0.336 e. The second-order valence-electron chi connectivity index (χ2n) is 0.782. The van der Waals surface area contributed by atoms with Gasteiger partial charge in [0.2, 0.25) is 0 Å². The van der Waals surface area contributed by atoms with Crippen LogP contribution in [0.5, 0.6) is 0 Å². The molecule has 0 heterocycles. The van der Waals surface area contributed by atoms with Gasteiger partial charge in [0.15, 0.2) is 0 Å². The third-order valence-electron chi connectivity index (χ3n) is 0.161. The van der Waals surface area contributed by atoms with Crippen LogP contribution in [0.2, 0.25) is 0 Å². The van der Waals surface area contributed by atoms with E-state index in [-0.39, 0.29) is 0 Å². The minimum Gasteiger partial charge on any atom is -0.324 e. The van der Waals surface area contributed by atoms with E-state index < -0.39 is 18.1 Å². The summed E-state index contributed by atoms with van der Waals surface area (Å²) in [5.41, 5.74) is 0. The Morgan fingerprint density at radius 3 is 2.00 bits per heavy atom. The van der Waals surface area contributed by atoms with Gasteiger partial charge in [-0.3, -0.25) is 4.55 Å². The zero-order chi connectivity index (χ0) is 6.78. The first kappa shape index (κ1) is 8.64. The Morgan fingerprint density at radius 1 is 1.62 bits per heavy atom. The lowest BCUT2D eigenvalue weighted by Crippen LogP contribution is -1.90. The van der Waals surface area contributed by atoms with Crippen LogP contribution in [0.1, 0.15) is 0 Å². The molecular weight excluding hydrogens is 175 g/mol. The summed E-state index contributed by atoms with van der Waals surface area (Å²) in [6, 6.07) is 0. The van der Waals surface area contributed by atoms with Crippen LogP contribution < -0.4 is 0 Å². The van der Waals surface area contributed by atoms with Gasteiger partial charge in [-0.25, -0.2) is 0 Å². The van der Waals surface area contributed by atoms with Gasteiger partial charge in [-0.2, -0.15) is 8.18 Å². The molecule has 0 rings (SSSR count). The summed E-state index contributed by atoms with van der Waals surface area (Å²) in [6.45, 7) is -3.94. The van der Waals surface area contributed by atoms with Gasteiger partial charge in [0.1, 0.15) is 0 Å². The molecule has 1 unspecified atom stereocenters. The highest BCUT2D eigenvalue weighted by Gasteiger charge is 2.10. The minimum absolute atomic E-state index is 2.69. The maximum absolute atomic E-state index is 9.54. The first-order valence-corrected chi connectivity index (χ1v) is 4.94. The van der Waals surface area contributed by atoms with E-state index in [1.165, 1.54) is 0 Å². The fourth-order valence-corrected chi connectivity index (χ4v) is 1.22. The molecule has 0 aromatic carbocycles. The van der Waals surface area contributed by atoms with Gasteiger partial charge in [0, 0.05) is 0 Å². The first-order valence-electron chi connectivity index (χ1n) is 1.28. The predicted molar refractivity (Wildman–Crippen MR) is 30.6 cm³/mol. The van der Waals surface area contributed by atoms with Crippen LogP contribution in [0.3, 0.4) is 0 Å². The Bertz CT molecular complexity index is 133. The predicted octanol–water partition coefficient (Wildman–Crippen LogP) is -0.651. The van der Waals surface area contributed by atoms with E-state index in [0.717, 1.165) is 0 Å². The highest BCUT2D eigenvalue weighted by Crippen LogP contribution is 2.36. The number of hydrogen-bond acceptors (Lipinski definition) is 3. The highest BCUT2D eigenvalue weighted by molar-refractivity contribution is 8.09. The molecule has 0 saturated heterocycles. The van der Waals surface area contributed by atoms with Crippen molar-refractivity contribution in [1.82, 2.24) is 0 Å². The van der Waals surface area contributed by atoms with Crippen molar-refractivity contribution in [3.05, 3.63) is 0 Å². The van der Waals surface area contributed by atoms with Crippen molar-refractivity contribution in [1.29, 1.82) is 0 Å². The molecule has 0 aliphatic rings. The Morgan fingerprint density at radius 2 is 2.00 bits per heavy atom. The average molecular weight is 178 g/mol. The van der Waals surface area contributed by atoms with E-state index in [0.29, 0.717) is 0 Å². The van der Waals surface area contributed by atoms with Crippen molar-refractivity contribution < 1.29 is 22.5 Å².